The number of carbonyl (C=O) groups excluding carboxylic acids is 1. The van der Waals surface area contributed by atoms with Crippen molar-refractivity contribution in [3.05, 3.63) is 89.0 Å². The molecule has 8 heteroatoms. The van der Waals surface area contributed by atoms with Crippen LogP contribution in [-0.4, -0.2) is 25.7 Å². The molecule has 0 fully saturated rings. The Hall–Kier alpha value is -3.71. The fraction of sp³-hybridized carbons (Fsp3) is 0.130. The van der Waals surface area contributed by atoms with E-state index in [1.54, 1.807) is 42.7 Å². The monoisotopic (exact) mass is 433 g/mol. The number of nitrogens with zero attached hydrogens (tertiary/aromatic N) is 4. The van der Waals surface area contributed by atoms with Crippen molar-refractivity contribution < 1.29 is 9.53 Å². The average molecular weight is 434 g/mol. The van der Waals surface area contributed by atoms with Crippen LogP contribution < -0.4 is 10.1 Å². The maximum absolute atomic E-state index is 12.3. The van der Waals surface area contributed by atoms with Gasteiger partial charge in [0.1, 0.15) is 12.1 Å². The number of benzene rings is 2. The molecule has 0 radical (unpaired) electrons. The molecule has 156 valence electrons. The summed E-state index contributed by atoms with van der Waals surface area (Å²) >= 11 is 6.11. The first-order valence-corrected chi connectivity index (χ1v) is 10.0. The smallest absolute Gasteiger partial charge is 0.238 e. The standard InChI is InChI=1S/C23H20ClN5O2/c1-15-16(2)29(14-25-15)21-11-12-23(28-27-21)31-19-9-7-18(8-10-19)26-22(30)13-17-5-3-4-6-20(17)24/h3-12,14H,13H2,1-2H3,(H,26,30). The van der Waals surface area contributed by atoms with Crippen molar-refractivity contribution >= 4 is 23.2 Å². The molecule has 2 aromatic heterocycles. The van der Waals surface area contributed by atoms with Crippen LogP contribution in [0.4, 0.5) is 5.69 Å². The van der Waals surface area contributed by atoms with Crippen LogP contribution in [0.25, 0.3) is 5.82 Å². The zero-order valence-electron chi connectivity index (χ0n) is 17.0. The van der Waals surface area contributed by atoms with E-state index in [-0.39, 0.29) is 12.3 Å². The molecule has 0 atom stereocenters. The summed E-state index contributed by atoms with van der Waals surface area (Å²) in [5, 5.41) is 11.8. The lowest BCUT2D eigenvalue weighted by molar-refractivity contribution is -0.115. The highest BCUT2D eigenvalue weighted by Gasteiger charge is 2.09. The van der Waals surface area contributed by atoms with E-state index in [0.29, 0.717) is 28.2 Å². The van der Waals surface area contributed by atoms with Crippen LogP contribution in [0.5, 0.6) is 11.6 Å². The summed E-state index contributed by atoms with van der Waals surface area (Å²) in [6, 6.07) is 17.9. The van der Waals surface area contributed by atoms with E-state index in [0.717, 1.165) is 17.0 Å². The number of halogens is 1. The predicted molar refractivity (Wildman–Crippen MR) is 119 cm³/mol. The molecular weight excluding hydrogens is 414 g/mol. The van der Waals surface area contributed by atoms with Gasteiger partial charge >= 0.3 is 0 Å². The molecule has 0 spiro atoms. The lowest BCUT2D eigenvalue weighted by Crippen LogP contribution is -2.14. The van der Waals surface area contributed by atoms with Crippen molar-refractivity contribution in [2.75, 3.05) is 5.32 Å². The first-order valence-electron chi connectivity index (χ1n) is 9.65. The molecule has 31 heavy (non-hydrogen) atoms. The van der Waals surface area contributed by atoms with E-state index in [1.807, 2.05) is 42.7 Å². The molecular formula is C23H20ClN5O2. The minimum atomic E-state index is -0.145. The van der Waals surface area contributed by atoms with Crippen LogP contribution in [0.1, 0.15) is 17.0 Å². The summed E-state index contributed by atoms with van der Waals surface area (Å²) in [4.78, 5) is 16.5. The van der Waals surface area contributed by atoms with Gasteiger partial charge in [-0.25, -0.2) is 4.98 Å². The number of hydrogen-bond acceptors (Lipinski definition) is 5. The molecule has 1 amide bonds. The van der Waals surface area contributed by atoms with E-state index in [9.17, 15) is 4.79 Å². The first-order chi connectivity index (χ1) is 15.0. The first kappa shape index (κ1) is 20.6. The second-order valence-corrected chi connectivity index (χ2v) is 7.37. The van der Waals surface area contributed by atoms with Crippen LogP contribution in [0.2, 0.25) is 5.02 Å². The number of aryl methyl sites for hydroxylation is 1. The fourth-order valence-corrected chi connectivity index (χ4v) is 3.18. The number of nitrogens with one attached hydrogen (secondary N) is 1. The van der Waals surface area contributed by atoms with Crippen LogP contribution >= 0.6 is 11.6 Å². The van der Waals surface area contributed by atoms with Gasteiger partial charge in [0.25, 0.3) is 0 Å². The van der Waals surface area contributed by atoms with Crippen LogP contribution in [0.15, 0.2) is 67.0 Å². The van der Waals surface area contributed by atoms with Crippen LogP contribution in [0, 0.1) is 13.8 Å². The maximum Gasteiger partial charge on any atom is 0.238 e. The summed E-state index contributed by atoms with van der Waals surface area (Å²) in [5.74, 6) is 1.48. The summed E-state index contributed by atoms with van der Waals surface area (Å²) < 4.78 is 7.61. The SMILES string of the molecule is Cc1ncn(-c2ccc(Oc3ccc(NC(=O)Cc4ccccc4Cl)cc3)nn2)c1C. The summed E-state index contributed by atoms with van der Waals surface area (Å²) in [5.41, 5.74) is 3.40. The molecule has 1 N–H and O–H groups in total. The van der Waals surface area contributed by atoms with Gasteiger partial charge in [-0.15, -0.1) is 10.2 Å². The molecule has 4 aromatic rings. The normalized spacial score (nSPS) is 10.7. The molecule has 2 aromatic carbocycles. The van der Waals surface area contributed by atoms with E-state index >= 15 is 0 Å². The fourth-order valence-electron chi connectivity index (χ4n) is 2.97. The van der Waals surface area contributed by atoms with Crippen molar-refractivity contribution in [1.82, 2.24) is 19.7 Å². The second-order valence-electron chi connectivity index (χ2n) is 6.96. The highest BCUT2D eigenvalue weighted by Crippen LogP contribution is 2.22. The third kappa shape index (κ3) is 4.90. The van der Waals surface area contributed by atoms with Crippen molar-refractivity contribution in [3.8, 4) is 17.4 Å². The van der Waals surface area contributed by atoms with Crippen molar-refractivity contribution in [1.29, 1.82) is 0 Å². The Kier molecular flexibility index (Phi) is 5.95. The predicted octanol–water partition coefficient (Wildman–Crippen LogP) is 4.91. The molecule has 0 aliphatic carbocycles. The highest BCUT2D eigenvalue weighted by atomic mass is 35.5. The number of anilines is 1. The number of carbonyl (C=O) groups is 1. The van der Waals surface area contributed by atoms with Crippen LogP contribution in [0.3, 0.4) is 0 Å². The van der Waals surface area contributed by atoms with Gasteiger partial charge in [0.15, 0.2) is 5.82 Å². The van der Waals surface area contributed by atoms with Gasteiger partial charge in [0.2, 0.25) is 11.8 Å². The maximum atomic E-state index is 12.3. The molecule has 4 rings (SSSR count). The van der Waals surface area contributed by atoms with Gasteiger partial charge in [0.05, 0.1) is 12.1 Å². The van der Waals surface area contributed by atoms with Crippen molar-refractivity contribution in [2.24, 2.45) is 0 Å². The van der Waals surface area contributed by atoms with Gasteiger partial charge in [-0.2, -0.15) is 0 Å². The summed E-state index contributed by atoms with van der Waals surface area (Å²) in [7, 11) is 0. The molecule has 0 saturated heterocycles. The zero-order valence-corrected chi connectivity index (χ0v) is 17.8. The Balaban J connectivity index is 1.36. The Bertz CT molecular complexity index is 1200. The zero-order chi connectivity index (χ0) is 21.8. The van der Waals surface area contributed by atoms with Gasteiger partial charge in [-0.05, 0) is 55.8 Å². The Morgan fingerprint density at radius 2 is 1.81 bits per heavy atom. The Morgan fingerprint density at radius 1 is 1.03 bits per heavy atom. The van der Waals surface area contributed by atoms with Gasteiger partial charge in [-0.1, -0.05) is 29.8 Å². The quantitative estimate of drug-likeness (QED) is 0.467. The Labute approximate surface area is 184 Å². The lowest BCUT2D eigenvalue weighted by Gasteiger charge is -2.09. The van der Waals surface area contributed by atoms with E-state index in [2.05, 4.69) is 20.5 Å². The van der Waals surface area contributed by atoms with E-state index in [4.69, 9.17) is 16.3 Å². The van der Waals surface area contributed by atoms with Gasteiger partial charge in [-0.3, -0.25) is 9.36 Å². The number of aromatic nitrogens is 4. The number of hydrogen-bond donors (Lipinski definition) is 1. The molecule has 0 aliphatic rings. The number of amides is 1. The highest BCUT2D eigenvalue weighted by molar-refractivity contribution is 6.31. The second kappa shape index (κ2) is 8.97. The van der Waals surface area contributed by atoms with E-state index in [1.165, 1.54) is 0 Å². The van der Waals surface area contributed by atoms with Gasteiger partial charge < -0.3 is 10.1 Å². The molecule has 7 nitrogen and oxygen atoms in total. The minimum absolute atomic E-state index is 0.145. The summed E-state index contributed by atoms with van der Waals surface area (Å²) in [6.45, 7) is 3.92. The summed E-state index contributed by atoms with van der Waals surface area (Å²) in [6.07, 6.45) is 1.92. The molecule has 0 unspecified atom stereocenters. The van der Waals surface area contributed by atoms with Crippen LogP contribution in [-0.2, 0) is 11.2 Å². The third-order valence-corrected chi connectivity index (χ3v) is 5.16. The minimum Gasteiger partial charge on any atom is -0.438 e. The largest absolute Gasteiger partial charge is 0.438 e. The molecule has 0 bridgehead atoms. The topological polar surface area (TPSA) is 81.9 Å². The average Bonchev–Trinajstić information content (AvgIpc) is 3.10. The van der Waals surface area contributed by atoms with Crippen molar-refractivity contribution in [3.63, 3.8) is 0 Å². The Morgan fingerprint density at radius 3 is 2.45 bits per heavy atom. The number of imidazole rings is 1. The molecule has 0 aliphatic heterocycles. The van der Waals surface area contributed by atoms with E-state index < -0.39 is 0 Å². The van der Waals surface area contributed by atoms with Crippen molar-refractivity contribution in [2.45, 2.75) is 20.3 Å². The molecule has 2 heterocycles. The number of ether oxygens (including phenoxy) is 1. The lowest BCUT2D eigenvalue weighted by atomic mass is 10.1. The third-order valence-electron chi connectivity index (χ3n) is 4.79. The number of rotatable bonds is 6. The van der Waals surface area contributed by atoms with Gasteiger partial charge in [0, 0.05) is 22.5 Å². The molecule has 0 saturated carbocycles.